The molecule has 1 saturated heterocycles. The molecule has 158 valence electrons. The lowest BCUT2D eigenvalue weighted by atomic mass is 9.90. The molecule has 0 unspecified atom stereocenters. The smallest absolute Gasteiger partial charge is 0.243 e. The second-order valence-electron chi connectivity index (χ2n) is 8.68. The Morgan fingerprint density at radius 3 is 2.21 bits per heavy atom. The first-order valence-corrected chi connectivity index (χ1v) is 12.3. The van der Waals surface area contributed by atoms with Crippen molar-refractivity contribution in [1.82, 2.24) is 9.21 Å². The largest absolute Gasteiger partial charge is 0.493 e. The third-order valence-electron chi connectivity index (χ3n) is 6.49. The van der Waals surface area contributed by atoms with Crippen LogP contribution in [-0.2, 0) is 10.0 Å². The molecule has 1 aromatic carbocycles. The summed E-state index contributed by atoms with van der Waals surface area (Å²) in [5, 5.41) is 0. The van der Waals surface area contributed by atoms with Crippen molar-refractivity contribution in [3.63, 3.8) is 0 Å². The molecule has 0 aromatic heterocycles. The third-order valence-corrected chi connectivity index (χ3v) is 8.40. The number of hydrogen-bond donors (Lipinski definition) is 0. The molecule has 5 nitrogen and oxygen atoms in total. The van der Waals surface area contributed by atoms with E-state index in [0.717, 1.165) is 25.2 Å². The molecule has 0 radical (unpaired) electrons. The van der Waals surface area contributed by atoms with E-state index in [1.54, 1.807) is 28.6 Å². The first kappa shape index (κ1) is 21.6. The lowest BCUT2D eigenvalue weighted by Crippen LogP contribution is -2.47. The molecule has 1 aromatic rings. The zero-order valence-electron chi connectivity index (χ0n) is 17.6. The van der Waals surface area contributed by atoms with Crippen LogP contribution < -0.4 is 4.74 Å². The van der Waals surface area contributed by atoms with Crippen molar-refractivity contribution in [2.75, 3.05) is 26.7 Å². The van der Waals surface area contributed by atoms with Crippen LogP contribution in [0.4, 0.5) is 0 Å². The normalized spacial score (nSPS) is 20.8. The lowest BCUT2D eigenvalue weighted by Gasteiger charge is -2.38. The highest BCUT2D eigenvalue weighted by Crippen LogP contribution is 2.27. The van der Waals surface area contributed by atoms with E-state index >= 15 is 0 Å². The Morgan fingerprint density at radius 1 is 1.04 bits per heavy atom. The zero-order valence-corrected chi connectivity index (χ0v) is 18.5. The Kier molecular flexibility index (Phi) is 7.40. The van der Waals surface area contributed by atoms with E-state index < -0.39 is 10.0 Å². The van der Waals surface area contributed by atoms with Gasteiger partial charge in [-0.2, -0.15) is 4.31 Å². The number of ether oxygens (including phenoxy) is 1. The second-order valence-corrected chi connectivity index (χ2v) is 10.6. The van der Waals surface area contributed by atoms with Gasteiger partial charge in [0.1, 0.15) is 5.75 Å². The highest BCUT2D eigenvalue weighted by molar-refractivity contribution is 7.89. The summed E-state index contributed by atoms with van der Waals surface area (Å²) in [7, 11) is -1.29. The first-order valence-electron chi connectivity index (χ1n) is 10.8. The molecule has 0 N–H and O–H groups in total. The van der Waals surface area contributed by atoms with Gasteiger partial charge in [0.05, 0.1) is 11.5 Å². The molecule has 1 aliphatic carbocycles. The molecule has 28 heavy (non-hydrogen) atoms. The van der Waals surface area contributed by atoms with Gasteiger partial charge in [-0.15, -0.1) is 0 Å². The average Bonchev–Trinajstić information content (AvgIpc) is 2.73. The van der Waals surface area contributed by atoms with Crippen molar-refractivity contribution in [2.45, 2.75) is 75.8 Å². The Bertz CT molecular complexity index is 704. The minimum absolute atomic E-state index is 0.369. The summed E-state index contributed by atoms with van der Waals surface area (Å²) in [5.41, 5.74) is 0. The van der Waals surface area contributed by atoms with Crippen LogP contribution >= 0.6 is 0 Å². The molecule has 0 amide bonds. The number of rotatable bonds is 7. The average molecular weight is 409 g/mol. The van der Waals surface area contributed by atoms with Gasteiger partial charge < -0.3 is 9.64 Å². The number of nitrogens with zero attached hydrogens (tertiary/aromatic N) is 2. The van der Waals surface area contributed by atoms with Crippen LogP contribution in [0, 0.1) is 5.92 Å². The molecule has 0 atom stereocenters. The lowest BCUT2D eigenvalue weighted by molar-refractivity contribution is 0.138. The van der Waals surface area contributed by atoms with Crippen molar-refractivity contribution < 1.29 is 13.2 Å². The second kappa shape index (κ2) is 9.59. The third kappa shape index (κ3) is 5.28. The van der Waals surface area contributed by atoms with E-state index in [-0.39, 0.29) is 0 Å². The minimum atomic E-state index is -3.42. The fourth-order valence-corrected chi connectivity index (χ4v) is 5.81. The molecule has 2 fully saturated rings. The molecule has 6 heteroatoms. The van der Waals surface area contributed by atoms with E-state index in [4.69, 9.17) is 4.74 Å². The van der Waals surface area contributed by atoms with Crippen LogP contribution in [0.2, 0.25) is 0 Å². The van der Waals surface area contributed by atoms with Crippen molar-refractivity contribution in [3.05, 3.63) is 24.3 Å². The number of hydrogen-bond acceptors (Lipinski definition) is 4. The van der Waals surface area contributed by atoms with Gasteiger partial charge in [-0.25, -0.2) is 8.42 Å². The summed E-state index contributed by atoms with van der Waals surface area (Å²) in [6.07, 6.45) is 8.20. The SMILES string of the molecule is CC(C)N(C)C1CCN(S(=O)(=O)c2ccc(OCC3CCCCC3)cc2)CC1. The Morgan fingerprint density at radius 2 is 1.64 bits per heavy atom. The van der Waals surface area contributed by atoms with Crippen LogP contribution in [0.15, 0.2) is 29.2 Å². The molecular formula is C22H36N2O3S. The van der Waals surface area contributed by atoms with Gasteiger partial charge in [-0.3, -0.25) is 0 Å². The maximum Gasteiger partial charge on any atom is 0.243 e. The van der Waals surface area contributed by atoms with Crippen LogP contribution in [-0.4, -0.2) is 56.5 Å². The van der Waals surface area contributed by atoms with E-state index in [1.165, 1.54) is 32.1 Å². The molecule has 1 aliphatic heterocycles. The zero-order chi connectivity index (χ0) is 20.1. The van der Waals surface area contributed by atoms with Crippen molar-refractivity contribution in [2.24, 2.45) is 5.92 Å². The molecule has 1 saturated carbocycles. The molecule has 0 bridgehead atoms. The molecule has 0 spiro atoms. The minimum Gasteiger partial charge on any atom is -0.493 e. The van der Waals surface area contributed by atoms with Gasteiger partial charge in [0.2, 0.25) is 10.0 Å². The Labute approximate surface area is 171 Å². The maximum absolute atomic E-state index is 13.0. The maximum atomic E-state index is 13.0. The van der Waals surface area contributed by atoms with Crippen LogP contribution in [0.3, 0.4) is 0 Å². The predicted octanol–water partition coefficient (Wildman–Crippen LogP) is 4.14. The monoisotopic (exact) mass is 408 g/mol. The van der Waals surface area contributed by atoms with E-state index in [1.807, 2.05) is 0 Å². The Balaban J connectivity index is 1.55. The molecular weight excluding hydrogens is 372 g/mol. The fourth-order valence-electron chi connectivity index (χ4n) is 4.34. The van der Waals surface area contributed by atoms with E-state index in [0.29, 0.717) is 36.0 Å². The standard InChI is InChI=1S/C22H36N2O3S/c1-18(2)23(3)20-13-15-24(16-14-20)28(25,26)22-11-9-21(10-12-22)27-17-19-7-5-4-6-8-19/h9-12,18-20H,4-8,13-17H2,1-3H3. The summed E-state index contributed by atoms with van der Waals surface area (Å²) in [6.45, 7) is 6.28. The molecule has 1 heterocycles. The van der Waals surface area contributed by atoms with Crippen molar-refractivity contribution >= 4 is 10.0 Å². The highest BCUT2D eigenvalue weighted by Gasteiger charge is 2.31. The van der Waals surface area contributed by atoms with E-state index in [9.17, 15) is 8.42 Å². The summed E-state index contributed by atoms with van der Waals surface area (Å²) in [6, 6.07) is 7.93. The highest BCUT2D eigenvalue weighted by atomic mass is 32.2. The van der Waals surface area contributed by atoms with Gasteiger partial charge in [-0.1, -0.05) is 19.3 Å². The van der Waals surface area contributed by atoms with Crippen molar-refractivity contribution in [1.29, 1.82) is 0 Å². The van der Waals surface area contributed by atoms with Crippen LogP contribution in [0.5, 0.6) is 5.75 Å². The topological polar surface area (TPSA) is 49.9 Å². The van der Waals surface area contributed by atoms with E-state index in [2.05, 4.69) is 25.8 Å². The number of sulfonamides is 1. The number of benzene rings is 1. The summed E-state index contributed by atoms with van der Waals surface area (Å²) >= 11 is 0. The van der Waals surface area contributed by atoms with Gasteiger partial charge in [0.25, 0.3) is 0 Å². The quantitative estimate of drug-likeness (QED) is 0.680. The number of piperidine rings is 1. The Hall–Kier alpha value is -1.11. The fraction of sp³-hybridized carbons (Fsp3) is 0.727. The van der Waals surface area contributed by atoms with Gasteiger partial charge in [0.15, 0.2) is 0 Å². The summed E-state index contributed by atoms with van der Waals surface area (Å²) in [5.74, 6) is 1.41. The first-order chi connectivity index (χ1) is 13.4. The van der Waals surface area contributed by atoms with Gasteiger partial charge in [-0.05, 0) is 76.8 Å². The van der Waals surface area contributed by atoms with Gasteiger partial charge >= 0.3 is 0 Å². The summed E-state index contributed by atoms with van der Waals surface area (Å²) in [4.78, 5) is 2.72. The van der Waals surface area contributed by atoms with Crippen LogP contribution in [0.25, 0.3) is 0 Å². The molecule has 3 rings (SSSR count). The van der Waals surface area contributed by atoms with Gasteiger partial charge in [0, 0.05) is 25.2 Å². The molecule has 2 aliphatic rings. The predicted molar refractivity (Wildman–Crippen MR) is 113 cm³/mol. The van der Waals surface area contributed by atoms with Crippen molar-refractivity contribution in [3.8, 4) is 5.75 Å². The summed E-state index contributed by atoms with van der Waals surface area (Å²) < 4.78 is 33.5. The van der Waals surface area contributed by atoms with Crippen LogP contribution in [0.1, 0.15) is 58.8 Å².